The van der Waals surface area contributed by atoms with E-state index in [1.807, 2.05) is 0 Å². The summed E-state index contributed by atoms with van der Waals surface area (Å²) in [7, 11) is 0. The normalized spacial score (nSPS) is 16.6. The van der Waals surface area contributed by atoms with E-state index in [1.54, 1.807) is 47.6 Å². The lowest BCUT2D eigenvalue weighted by molar-refractivity contribution is -0.138. The number of likely N-dealkylation sites (tertiary alicyclic amines) is 1. The largest absolute Gasteiger partial charge is 0.470 e. The van der Waals surface area contributed by atoms with E-state index >= 15 is 0 Å². The molecule has 0 saturated carbocycles. The predicted molar refractivity (Wildman–Crippen MR) is 106 cm³/mol. The lowest BCUT2D eigenvalue weighted by Crippen LogP contribution is -2.44. The van der Waals surface area contributed by atoms with Crippen LogP contribution in [-0.2, 0) is 6.18 Å². The van der Waals surface area contributed by atoms with Crippen LogP contribution in [0.15, 0.2) is 55.0 Å². The molecule has 0 N–H and O–H groups in total. The molecule has 1 saturated heterocycles. The number of aromatic nitrogens is 3. The predicted octanol–water partition coefficient (Wildman–Crippen LogP) is 4.38. The number of hydrogen-bond acceptors (Lipinski definition) is 5. The van der Waals surface area contributed by atoms with Crippen LogP contribution in [0.5, 0.6) is 5.88 Å². The molecule has 6 nitrogen and oxygen atoms in total. The first-order valence-corrected chi connectivity index (χ1v) is 9.88. The molecule has 3 heterocycles. The number of benzene rings is 1. The van der Waals surface area contributed by atoms with Gasteiger partial charge in [0.2, 0.25) is 0 Å². The molecule has 2 aromatic heterocycles. The van der Waals surface area contributed by atoms with Gasteiger partial charge in [0.25, 0.3) is 11.8 Å². The van der Waals surface area contributed by atoms with Crippen LogP contribution in [0, 0.1) is 5.82 Å². The smallest absolute Gasteiger partial charge is 0.417 e. The maximum absolute atomic E-state index is 14.1. The zero-order valence-corrected chi connectivity index (χ0v) is 16.7. The van der Waals surface area contributed by atoms with Crippen LogP contribution < -0.4 is 4.74 Å². The fraction of sp³-hybridized carbons (Fsp3) is 0.273. The van der Waals surface area contributed by atoms with E-state index in [-0.39, 0.29) is 12.5 Å². The van der Waals surface area contributed by atoms with Crippen LogP contribution in [0.1, 0.15) is 28.8 Å². The minimum absolute atomic E-state index is 0.144. The van der Waals surface area contributed by atoms with Crippen LogP contribution in [0.2, 0.25) is 0 Å². The van der Waals surface area contributed by atoms with E-state index in [0.717, 1.165) is 0 Å². The van der Waals surface area contributed by atoms with Gasteiger partial charge in [0.05, 0.1) is 17.7 Å². The van der Waals surface area contributed by atoms with E-state index in [4.69, 9.17) is 4.74 Å². The molecule has 1 atom stereocenters. The molecule has 1 amide bonds. The molecule has 1 aliphatic heterocycles. The highest BCUT2D eigenvalue weighted by atomic mass is 19.4. The van der Waals surface area contributed by atoms with Gasteiger partial charge in [-0.1, -0.05) is 18.2 Å². The Labute approximate surface area is 180 Å². The van der Waals surface area contributed by atoms with Crippen molar-refractivity contribution in [3.8, 4) is 17.3 Å². The van der Waals surface area contributed by atoms with Gasteiger partial charge in [0.15, 0.2) is 11.6 Å². The van der Waals surface area contributed by atoms with E-state index in [2.05, 4.69) is 15.0 Å². The molecular weight excluding hydrogens is 428 g/mol. The first kappa shape index (κ1) is 21.7. The molecular formula is C22H18F4N4O2. The van der Waals surface area contributed by atoms with Crippen LogP contribution in [0.25, 0.3) is 11.4 Å². The van der Waals surface area contributed by atoms with Gasteiger partial charge < -0.3 is 9.64 Å². The number of halogens is 4. The molecule has 1 unspecified atom stereocenters. The van der Waals surface area contributed by atoms with Crippen LogP contribution in [0.4, 0.5) is 17.6 Å². The van der Waals surface area contributed by atoms with Crippen molar-refractivity contribution in [1.82, 2.24) is 19.9 Å². The summed E-state index contributed by atoms with van der Waals surface area (Å²) >= 11 is 0. The Morgan fingerprint density at radius 1 is 1.09 bits per heavy atom. The van der Waals surface area contributed by atoms with Crippen molar-refractivity contribution < 1.29 is 27.1 Å². The zero-order valence-electron chi connectivity index (χ0n) is 16.7. The number of ether oxygens (including phenoxy) is 1. The number of pyridine rings is 1. The number of piperidine rings is 1. The quantitative estimate of drug-likeness (QED) is 0.557. The van der Waals surface area contributed by atoms with Crippen molar-refractivity contribution in [1.29, 1.82) is 0 Å². The number of hydrogen-bond donors (Lipinski definition) is 0. The summed E-state index contributed by atoms with van der Waals surface area (Å²) in [6.07, 6.45) is -0.513. The molecule has 32 heavy (non-hydrogen) atoms. The minimum Gasteiger partial charge on any atom is -0.470 e. The summed E-state index contributed by atoms with van der Waals surface area (Å²) in [5, 5.41) is 0. The fourth-order valence-corrected chi connectivity index (χ4v) is 3.52. The maximum atomic E-state index is 14.1. The number of alkyl halides is 3. The van der Waals surface area contributed by atoms with Crippen molar-refractivity contribution in [2.45, 2.75) is 25.1 Å². The van der Waals surface area contributed by atoms with Crippen molar-refractivity contribution in [2.75, 3.05) is 13.1 Å². The van der Waals surface area contributed by atoms with Gasteiger partial charge >= 0.3 is 6.18 Å². The maximum Gasteiger partial charge on any atom is 0.417 e. The Balaban J connectivity index is 1.50. The number of rotatable bonds is 4. The molecule has 0 aliphatic carbocycles. The average Bonchev–Trinajstić information content (AvgIpc) is 2.80. The fourth-order valence-electron chi connectivity index (χ4n) is 3.52. The molecule has 1 aliphatic rings. The number of carbonyl (C=O) groups excluding carboxylic acids is 1. The highest BCUT2D eigenvalue weighted by molar-refractivity contribution is 6.00. The second-order valence-electron chi connectivity index (χ2n) is 7.26. The zero-order chi connectivity index (χ0) is 22.7. The van der Waals surface area contributed by atoms with Gasteiger partial charge in [-0.15, -0.1) is 0 Å². The lowest BCUT2D eigenvalue weighted by Gasteiger charge is -2.33. The molecule has 0 radical (unpaired) electrons. The SMILES string of the molecule is O=C(c1ccccc1-c1ncccn1)N1CCCC(Oc2ncc(C(F)(F)F)cc2F)C1. The monoisotopic (exact) mass is 446 g/mol. The lowest BCUT2D eigenvalue weighted by atomic mass is 10.0. The Bertz CT molecular complexity index is 1110. The van der Waals surface area contributed by atoms with E-state index in [0.29, 0.717) is 48.6 Å². The second-order valence-corrected chi connectivity index (χ2v) is 7.26. The topological polar surface area (TPSA) is 68.2 Å². The third-order valence-electron chi connectivity index (χ3n) is 5.04. The first-order valence-electron chi connectivity index (χ1n) is 9.88. The molecule has 1 fully saturated rings. The third kappa shape index (κ3) is 4.68. The Morgan fingerprint density at radius 3 is 2.56 bits per heavy atom. The summed E-state index contributed by atoms with van der Waals surface area (Å²) in [6.45, 7) is 0.608. The Kier molecular flexibility index (Phi) is 6.02. The second kappa shape index (κ2) is 8.89. The molecule has 3 aromatic rings. The van der Waals surface area contributed by atoms with Crippen LogP contribution in [0.3, 0.4) is 0 Å². The van der Waals surface area contributed by atoms with Crippen molar-refractivity contribution in [2.24, 2.45) is 0 Å². The van der Waals surface area contributed by atoms with Gasteiger partial charge in [0.1, 0.15) is 6.10 Å². The molecule has 0 bridgehead atoms. The van der Waals surface area contributed by atoms with Gasteiger partial charge in [-0.3, -0.25) is 4.79 Å². The van der Waals surface area contributed by atoms with Crippen molar-refractivity contribution >= 4 is 5.91 Å². The number of carbonyl (C=O) groups is 1. The number of amides is 1. The first-order chi connectivity index (χ1) is 15.3. The standard InChI is InChI=1S/C22H18F4N4O2/c23-18-11-14(22(24,25)26)12-29-20(18)32-15-5-3-10-30(13-15)21(31)17-7-2-1-6-16(17)19-27-8-4-9-28-19/h1-2,4,6-9,11-12,15H,3,5,10,13H2. The number of nitrogens with zero attached hydrogens (tertiary/aromatic N) is 4. The van der Waals surface area contributed by atoms with E-state index in [1.165, 1.54) is 0 Å². The van der Waals surface area contributed by atoms with Crippen LogP contribution >= 0.6 is 0 Å². The summed E-state index contributed by atoms with van der Waals surface area (Å²) in [6, 6.07) is 8.97. The third-order valence-corrected chi connectivity index (χ3v) is 5.04. The molecule has 166 valence electrons. The van der Waals surface area contributed by atoms with Gasteiger partial charge in [-0.05, 0) is 31.0 Å². The summed E-state index contributed by atoms with van der Waals surface area (Å²) < 4.78 is 57.8. The molecule has 1 aromatic carbocycles. The summed E-state index contributed by atoms with van der Waals surface area (Å²) in [4.78, 5) is 26.7. The van der Waals surface area contributed by atoms with Crippen LogP contribution in [-0.4, -0.2) is 45.0 Å². The van der Waals surface area contributed by atoms with Gasteiger partial charge in [0, 0.05) is 30.7 Å². The average molecular weight is 446 g/mol. The highest BCUT2D eigenvalue weighted by Gasteiger charge is 2.33. The van der Waals surface area contributed by atoms with Gasteiger partial charge in [-0.25, -0.2) is 19.3 Å². The molecule has 10 heteroatoms. The Morgan fingerprint density at radius 2 is 1.84 bits per heavy atom. The summed E-state index contributed by atoms with van der Waals surface area (Å²) in [5.74, 6) is -1.57. The van der Waals surface area contributed by atoms with Crippen molar-refractivity contribution in [3.63, 3.8) is 0 Å². The molecule has 0 spiro atoms. The summed E-state index contributed by atoms with van der Waals surface area (Å²) in [5.41, 5.74) is -0.197. The Hall–Kier alpha value is -3.56. The van der Waals surface area contributed by atoms with Gasteiger partial charge in [-0.2, -0.15) is 13.2 Å². The minimum atomic E-state index is -4.70. The molecule has 4 rings (SSSR count). The highest BCUT2D eigenvalue weighted by Crippen LogP contribution is 2.31. The van der Waals surface area contributed by atoms with E-state index in [9.17, 15) is 22.4 Å². The van der Waals surface area contributed by atoms with E-state index < -0.39 is 29.5 Å². The van der Waals surface area contributed by atoms with Crippen molar-refractivity contribution in [3.05, 3.63) is 71.9 Å².